The number of pyridine rings is 1. The average Bonchev–Trinajstić information content (AvgIpc) is 3.14. The van der Waals surface area contributed by atoms with E-state index in [0.717, 1.165) is 29.8 Å². The lowest BCUT2D eigenvalue weighted by molar-refractivity contribution is -0.136. The first-order valence-electron chi connectivity index (χ1n) is 9.94. The van der Waals surface area contributed by atoms with Gasteiger partial charge in [-0.2, -0.15) is 18.3 Å². The Labute approximate surface area is 175 Å². The van der Waals surface area contributed by atoms with Crippen molar-refractivity contribution in [1.82, 2.24) is 28.8 Å². The molecule has 1 fully saturated rings. The molecule has 31 heavy (non-hydrogen) atoms. The maximum Gasteiger partial charge on any atom is 0.417 e. The number of aryl methyl sites for hydroxylation is 2. The van der Waals surface area contributed by atoms with E-state index in [0.29, 0.717) is 30.5 Å². The molecule has 0 unspecified atom stereocenters. The zero-order valence-electron chi connectivity index (χ0n) is 17.5. The molecule has 0 spiro atoms. The van der Waals surface area contributed by atoms with E-state index in [1.807, 2.05) is 13.2 Å². The molecule has 8 nitrogen and oxygen atoms in total. The standard InChI is InChI=1S/C20H23F3N6O2/c1-26-10-12(9-24-26)11-29-6-4-13(5-7-29)15-8-14(20(21,22)23)16-17(25-15)27(2)19(31)28(3)18(16)30/h8-10,13H,4-7,11H2,1-3H3. The molecule has 1 aliphatic heterocycles. The molecule has 0 N–H and O–H groups in total. The van der Waals surface area contributed by atoms with Gasteiger partial charge in [0.2, 0.25) is 0 Å². The van der Waals surface area contributed by atoms with Gasteiger partial charge >= 0.3 is 11.9 Å². The highest BCUT2D eigenvalue weighted by molar-refractivity contribution is 5.79. The van der Waals surface area contributed by atoms with Crippen LogP contribution in [-0.2, 0) is 33.9 Å². The molecule has 1 aliphatic rings. The normalized spacial score (nSPS) is 16.3. The monoisotopic (exact) mass is 436 g/mol. The molecule has 3 aromatic heterocycles. The fraction of sp³-hybridized carbons (Fsp3) is 0.500. The molecule has 0 atom stereocenters. The van der Waals surface area contributed by atoms with E-state index >= 15 is 0 Å². The average molecular weight is 436 g/mol. The van der Waals surface area contributed by atoms with Gasteiger partial charge in [0.25, 0.3) is 5.56 Å². The number of aromatic nitrogens is 5. The second-order valence-electron chi connectivity index (χ2n) is 8.07. The minimum atomic E-state index is -4.74. The first-order chi connectivity index (χ1) is 14.6. The predicted molar refractivity (Wildman–Crippen MR) is 108 cm³/mol. The summed E-state index contributed by atoms with van der Waals surface area (Å²) in [5, 5.41) is 3.58. The van der Waals surface area contributed by atoms with Gasteiger partial charge in [0, 0.05) is 51.1 Å². The Morgan fingerprint density at radius 1 is 1.10 bits per heavy atom. The van der Waals surface area contributed by atoms with Gasteiger partial charge in [-0.05, 0) is 32.0 Å². The second-order valence-corrected chi connectivity index (χ2v) is 8.07. The molecule has 0 aliphatic carbocycles. The maximum absolute atomic E-state index is 13.8. The third kappa shape index (κ3) is 3.89. The lowest BCUT2D eigenvalue weighted by Crippen LogP contribution is -2.38. The lowest BCUT2D eigenvalue weighted by Gasteiger charge is -2.31. The van der Waals surface area contributed by atoms with Gasteiger partial charge in [0.15, 0.2) is 0 Å². The van der Waals surface area contributed by atoms with Gasteiger partial charge < -0.3 is 0 Å². The van der Waals surface area contributed by atoms with Crippen LogP contribution in [0.2, 0.25) is 0 Å². The van der Waals surface area contributed by atoms with Crippen molar-refractivity contribution in [1.29, 1.82) is 0 Å². The molecular formula is C20H23F3N6O2. The molecule has 11 heteroatoms. The topological polar surface area (TPSA) is 78.0 Å². The summed E-state index contributed by atoms with van der Waals surface area (Å²) >= 11 is 0. The molecule has 0 saturated carbocycles. The van der Waals surface area contributed by atoms with E-state index in [1.54, 1.807) is 10.9 Å². The van der Waals surface area contributed by atoms with E-state index in [9.17, 15) is 22.8 Å². The molecule has 3 aromatic rings. The fourth-order valence-electron chi connectivity index (χ4n) is 4.21. The van der Waals surface area contributed by atoms with Gasteiger partial charge in [0.1, 0.15) is 5.65 Å². The lowest BCUT2D eigenvalue weighted by atomic mass is 9.91. The van der Waals surface area contributed by atoms with E-state index in [4.69, 9.17) is 0 Å². The first kappa shape index (κ1) is 21.3. The Morgan fingerprint density at radius 2 is 1.77 bits per heavy atom. The van der Waals surface area contributed by atoms with Gasteiger partial charge in [-0.3, -0.25) is 23.5 Å². The van der Waals surface area contributed by atoms with Crippen LogP contribution in [0, 0.1) is 0 Å². The van der Waals surface area contributed by atoms with Crippen LogP contribution in [-0.4, -0.2) is 41.9 Å². The Balaban J connectivity index is 1.69. The molecule has 0 amide bonds. The Morgan fingerprint density at radius 3 is 2.35 bits per heavy atom. The number of hydrogen-bond donors (Lipinski definition) is 0. The first-order valence-corrected chi connectivity index (χ1v) is 9.94. The van der Waals surface area contributed by atoms with Crippen molar-refractivity contribution in [3.05, 3.63) is 56.1 Å². The third-order valence-electron chi connectivity index (χ3n) is 5.91. The summed E-state index contributed by atoms with van der Waals surface area (Å²) in [6.07, 6.45) is 0.269. The molecule has 166 valence electrons. The van der Waals surface area contributed by atoms with Crippen molar-refractivity contribution in [3.8, 4) is 0 Å². The van der Waals surface area contributed by atoms with Crippen molar-refractivity contribution in [2.24, 2.45) is 21.1 Å². The number of rotatable bonds is 3. The summed E-state index contributed by atoms with van der Waals surface area (Å²) in [4.78, 5) is 31.3. The fourth-order valence-corrected chi connectivity index (χ4v) is 4.21. The SMILES string of the molecule is Cn1cc(CN2CCC(c3cc(C(F)(F)F)c4c(=O)n(C)c(=O)n(C)c4n3)CC2)cn1. The number of fused-ring (bicyclic) bond motifs is 1. The number of likely N-dealkylation sites (tertiary alicyclic amines) is 1. The van der Waals surface area contributed by atoms with E-state index < -0.39 is 28.4 Å². The van der Waals surface area contributed by atoms with Crippen LogP contribution >= 0.6 is 0 Å². The van der Waals surface area contributed by atoms with Gasteiger partial charge in [-0.15, -0.1) is 0 Å². The Hall–Kier alpha value is -2.95. The number of hydrogen-bond acceptors (Lipinski definition) is 5. The summed E-state index contributed by atoms with van der Waals surface area (Å²) in [5.41, 5.74) is -1.62. The van der Waals surface area contributed by atoms with Crippen LogP contribution in [0.15, 0.2) is 28.0 Å². The molecule has 0 bridgehead atoms. The van der Waals surface area contributed by atoms with E-state index in [-0.39, 0.29) is 17.3 Å². The number of nitrogens with zero attached hydrogens (tertiary/aromatic N) is 6. The molecular weight excluding hydrogens is 413 g/mol. The summed E-state index contributed by atoms with van der Waals surface area (Å²) in [6.45, 7) is 2.14. The van der Waals surface area contributed by atoms with E-state index in [2.05, 4.69) is 15.0 Å². The van der Waals surface area contributed by atoms with Gasteiger partial charge in [-0.25, -0.2) is 9.78 Å². The quantitative estimate of drug-likeness (QED) is 0.625. The van der Waals surface area contributed by atoms with Crippen molar-refractivity contribution >= 4 is 11.0 Å². The number of piperidine rings is 1. The number of alkyl halides is 3. The molecule has 0 radical (unpaired) electrons. The van der Waals surface area contributed by atoms with Crippen molar-refractivity contribution in [2.75, 3.05) is 13.1 Å². The van der Waals surface area contributed by atoms with Crippen molar-refractivity contribution < 1.29 is 13.2 Å². The summed E-state index contributed by atoms with van der Waals surface area (Å²) < 4.78 is 44.9. The minimum Gasteiger partial charge on any atom is -0.299 e. The van der Waals surface area contributed by atoms with Gasteiger partial charge in [0.05, 0.1) is 17.1 Å². The molecule has 0 aromatic carbocycles. The zero-order chi connectivity index (χ0) is 22.5. The van der Waals surface area contributed by atoms with Crippen LogP contribution in [0.1, 0.15) is 35.6 Å². The molecule has 4 rings (SSSR count). The van der Waals surface area contributed by atoms with Crippen molar-refractivity contribution in [3.63, 3.8) is 0 Å². The van der Waals surface area contributed by atoms with Crippen LogP contribution in [0.25, 0.3) is 11.0 Å². The van der Waals surface area contributed by atoms with Crippen LogP contribution in [0.5, 0.6) is 0 Å². The zero-order valence-corrected chi connectivity index (χ0v) is 17.5. The summed E-state index contributed by atoms with van der Waals surface area (Å²) in [5.74, 6) is -0.185. The number of halogens is 3. The molecule has 1 saturated heterocycles. The maximum atomic E-state index is 13.8. The van der Waals surface area contributed by atoms with Crippen LogP contribution < -0.4 is 11.2 Å². The third-order valence-corrected chi connectivity index (χ3v) is 5.91. The highest BCUT2D eigenvalue weighted by Gasteiger charge is 2.37. The summed E-state index contributed by atoms with van der Waals surface area (Å²) in [6, 6.07) is 0.982. The predicted octanol–water partition coefficient (Wildman–Crippen LogP) is 1.76. The highest BCUT2D eigenvalue weighted by Crippen LogP contribution is 2.36. The molecule has 4 heterocycles. The second kappa shape index (κ2) is 7.63. The Kier molecular flexibility index (Phi) is 5.24. The summed E-state index contributed by atoms with van der Waals surface area (Å²) in [7, 11) is 4.34. The Bertz CT molecular complexity index is 1250. The smallest absolute Gasteiger partial charge is 0.299 e. The van der Waals surface area contributed by atoms with E-state index in [1.165, 1.54) is 7.05 Å². The van der Waals surface area contributed by atoms with Crippen LogP contribution in [0.3, 0.4) is 0 Å². The largest absolute Gasteiger partial charge is 0.417 e. The van der Waals surface area contributed by atoms with Gasteiger partial charge in [-0.1, -0.05) is 0 Å². The van der Waals surface area contributed by atoms with Crippen LogP contribution in [0.4, 0.5) is 13.2 Å². The highest BCUT2D eigenvalue weighted by atomic mass is 19.4. The minimum absolute atomic E-state index is 0.185. The van der Waals surface area contributed by atoms with Crippen molar-refractivity contribution in [2.45, 2.75) is 31.5 Å².